The number of carbonyl (C=O) groups excluding carboxylic acids is 1. The van der Waals surface area contributed by atoms with E-state index < -0.39 is 47.0 Å². The number of alkyl halides is 3. The summed E-state index contributed by atoms with van der Waals surface area (Å²) in [6.45, 7) is 1.47. The van der Waals surface area contributed by atoms with E-state index in [2.05, 4.69) is 5.10 Å². The highest BCUT2D eigenvalue weighted by molar-refractivity contribution is 6.32. The van der Waals surface area contributed by atoms with Crippen molar-refractivity contribution in [2.45, 2.75) is 38.4 Å². The van der Waals surface area contributed by atoms with Crippen LogP contribution in [0.2, 0.25) is 5.02 Å². The molecule has 1 fully saturated rings. The molecule has 1 saturated heterocycles. The number of hydrogen-bond donors (Lipinski definition) is 1. The summed E-state index contributed by atoms with van der Waals surface area (Å²) >= 11 is 5.71. The first kappa shape index (κ1) is 23.1. The number of nitrogens with zero attached hydrogens (tertiary/aromatic N) is 3. The number of aromatic nitrogens is 2. The molecule has 31 heavy (non-hydrogen) atoms. The van der Waals surface area contributed by atoms with Crippen molar-refractivity contribution in [1.29, 1.82) is 0 Å². The summed E-state index contributed by atoms with van der Waals surface area (Å²) in [5, 5.41) is 12.5. The zero-order valence-corrected chi connectivity index (χ0v) is 17.3. The van der Waals surface area contributed by atoms with Crippen LogP contribution in [0.25, 0.3) is 0 Å². The first-order chi connectivity index (χ1) is 14.5. The van der Waals surface area contributed by atoms with E-state index >= 15 is 0 Å². The minimum Gasteiger partial charge on any atom is -0.481 e. The molecule has 0 spiro atoms. The first-order valence-electron chi connectivity index (χ1n) is 9.55. The van der Waals surface area contributed by atoms with Gasteiger partial charge in [-0.2, -0.15) is 18.3 Å². The molecule has 1 unspecified atom stereocenters. The van der Waals surface area contributed by atoms with Gasteiger partial charge in [0.15, 0.2) is 5.69 Å². The molecule has 1 aromatic heterocycles. The predicted molar refractivity (Wildman–Crippen MR) is 103 cm³/mol. The maximum atomic E-state index is 13.2. The number of carbonyl (C=O) groups is 2. The molecule has 0 radical (unpaired) electrons. The molecular formula is C20H20ClF4N3O3. The maximum absolute atomic E-state index is 13.2. The molecule has 1 aliphatic rings. The van der Waals surface area contributed by atoms with Crippen LogP contribution >= 0.6 is 11.6 Å². The normalized spacial score (nSPS) is 16.4. The number of aliphatic carboxylic acids is 1. The van der Waals surface area contributed by atoms with Crippen LogP contribution in [0, 0.1) is 18.7 Å². The topological polar surface area (TPSA) is 75.4 Å². The Morgan fingerprint density at radius 3 is 2.29 bits per heavy atom. The third-order valence-corrected chi connectivity index (χ3v) is 6.00. The fraction of sp³-hybridized carbons (Fsp3) is 0.450. The van der Waals surface area contributed by atoms with Crippen LogP contribution < -0.4 is 0 Å². The van der Waals surface area contributed by atoms with Gasteiger partial charge in [-0.15, -0.1) is 0 Å². The summed E-state index contributed by atoms with van der Waals surface area (Å²) in [5.41, 5.74) is -0.707. The molecule has 168 valence electrons. The molecule has 2 aromatic rings. The van der Waals surface area contributed by atoms with Gasteiger partial charge in [-0.25, -0.2) is 4.39 Å². The number of hydrogen-bond acceptors (Lipinski definition) is 3. The summed E-state index contributed by atoms with van der Waals surface area (Å²) in [6, 6.07) is 5.29. The van der Waals surface area contributed by atoms with Crippen molar-refractivity contribution in [2.24, 2.45) is 5.92 Å². The SMILES string of the molecule is Cc1c(Cl)c(C(F)(F)F)nn1CC(=O)N1CCC(C(C(=O)O)c2ccc(F)cc2)CC1. The second-order valence-electron chi connectivity index (χ2n) is 7.49. The van der Waals surface area contributed by atoms with Crippen LogP contribution in [-0.4, -0.2) is 44.8 Å². The minimum absolute atomic E-state index is 0.0412. The highest BCUT2D eigenvalue weighted by Gasteiger charge is 2.39. The van der Waals surface area contributed by atoms with Crippen molar-refractivity contribution in [1.82, 2.24) is 14.7 Å². The van der Waals surface area contributed by atoms with Crippen LogP contribution in [0.3, 0.4) is 0 Å². The van der Waals surface area contributed by atoms with Gasteiger partial charge in [0.2, 0.25) is 5.91 Å². The van der Waals surface area contributed by atoms with Gasteiger partial charge in [0.05, 0.1) is 16.6 Å². The zero-order valence-electron chi connectivity index (χ0n) is 16.5. The second kappa shape index (κ2) is 8.86. The lowest BCUT2D eigenvalue weighted by molar-refractivity contribution is -0.143. The Labute approximate surface area is 180 Å². The number of likely N-dealkylation sites (tertiary alicyclic amines) is 1. The highest BCUT2D eigenvalue weighted by Crippen LogP contribution is 2.36. The lowest BCUT2D eigenvalue weighted by atomic mass is 9.80. The molecule has 1 atom stereocenters. The molecule has 6 nitrogen and oxygen atoms in total. The molecule has 1 aromatic carbocycles. The van der Waals surface area contributed by atoms with Crippen LogP contribution in [-0.2, 0) is 22.3 Å². The molecule has 11 heteroatoms. The van der Waals surface area contributed by atoms with E-state index in [1.165, 1.54) is 36.1 Å². The second-order valence-corrected chi connectivity index (χ2v) is 7.87. The minimum atomic E-state index is -4.72. The van der Waals surface area contributed by atoms with Crippen molar-refractivity contribution >= 4 is 23.5 Å². The van der Waals surface area contributed by atoms with Crippen molar-refractivity contribution in [3.05, 3.63) is 52.1 Å². The number of carboxylic acid groups (broad SMARTS) is 1. The van der Waals surface area contributed by atoms with Gasteiger partial charge in [-0.1, -0.05) is 23.7 Å². The van der Waals surface area contributed by atoms with Gasteiger partial charge in [0.25, 0.3) is 0 Å². The molecule has 0 saturated carbocycles. The van der Waals surface area contributed by atoms with Gasteiger partial charge in [0.1, 0.15) is 12.4 Å². The Kier molecular flexibility index (Phi) is 6.59. The third kappa shape index (κ3) is 5.00. The number of amides is 1. The van der Waals surface area contributed by atoms with E-state index in [-0.39, 0.29) is 24.7 Å². The quantitative estimate of drug-likeness (QED) is 0.680. The Morgan fingerprint density at radius 2 is 1.81 bits per heavy atom. The Balaban J connectivity index is 1.66. The molecular weight excluding hydrogens is 442 g/mol. The van der Waals surface area contributed by atoms with E-state index in [1.54, 1.807) is 0 Å². The summed E-state index contributed by atoms with van der Waals surface area (Å²) < 4.78 is 53.0. The number of benzene rings is 1. The van der Waals surface area contributed by atoms with Crippen LogP contribution in [0.4, 0.5) is 17.6 Å². The highest BCUT2D eigenvalue weighted by atomic mass is 35.5. The largest absolute Gasteiger partial charge is 0.481 e. The Morgan fingerprint density at radius 1 is 1.23 bits per heavy atom. The van der Waals surface area contributed by atoms with Gasteiger partial charge >= 0.3 is 12.1 Å². The van der Waals surface area contributed by atoms with Gasteiger partial charge in [0, 0.05) is 13.1 Å². The van der Waals surface area contributed by atoms with Crippen LogP contribution in [0.15, 0.2) is 24.3 Å². The van der Waals surface area contributed by atoms with Gasteiger partial charge in [-0.05, 0) is 43.4 Å². The third-order valence-electron chi connectivity index (χ3n) is 5.55. The molecule has 1 N–H and O–H groups in total. The van der Waals surface area contributed by atoms with Crippen molar-refractivity contribution in [2.75, 3.05) is 13.1 Å². The van der Waals surface area contributed by atoms with Crippen LogP contribution in [0.5, 0.6) is 0 Å². The Hall–Kier alpha value is -2.62. The van der Waals surface area contributed by atoms with E-state index in [4.69, 9.17) is 11.6 Å². The molecule has 2 heterocycles. The number of piperidine rings is 1. The Bertz CT molecular complexity index is 967. The van der Waals surface area contributed by atoms with Crippen LogP contribution in [0.1, 0.15) is 35.7 Å². The van der Waals surface area contributed by atoms with E-state index in [0.717, 1.165) is 4.68 Å². The number of rotatable bonds is 5. The standard InChI is InChI=1S/C20H20ClF4N3O3/c1-11-17(21)18(20(23,24)25)26-28(11)10-15(29)27-8-6-13(7-9-27)16(19(30)31)12-2-4-14(22)5-3-12/h2-5,13,16H,6-10H2,1H3,(H,30,31). The van der Waals surface area contributed by atoms with E-state index in [1.807, 2.05) is 0 Å². The summed E-state index contributed by atoms with van der Waals surface area (Å²) in [5.74, 6) is -3.01. The summed E-state index contributed by atoms with van der Waals surface area (Å²) in [6.07, 6.45) is -3.93. The summed E-state index contributed by atoms with van der Waals surface area (Å²) in [7, 11) is 0. The molecule has 0 bridgehead atoms. The molecule has 3 rings (SSSR count). The summed E-state index contributed by atoms with van der Waals surface area (Å²) in [4.78, 5) is 25.9. The lowest BCUT2D eigenvalue weighted by Crippen LogP contribution is -2.42. The average molecular weight is 462 g/mol. The fourth-order valence-electron chi connectivity index (χ4n) is 3.86. The molecule has 1 aliphatic heterocycles. The fourth-order valence-corrected chi connectivity index (χ4v) is 4.10. The number of halogens is 5. The maximum Gasteiger partial charge on any atom is 0.436 e. The van der Waals surface area contributed by atoms with Gasteiger partial charge in [-0.3, -0.25) is 14.3 Å². The van der Waals surface area contributed by atoms with Crippen molar-refractivity contribution in [3.8, 4) is 0 Å². The molecule has 1 amide bonds. The number of carboxylic acids is 1. The predicted octanol–water partition coefficient (Wildman–Crippen LogP) is 4.11. The first-order valence-corrected chi connectivity index (χ1v) is 9.93. The van der Waals surface area contributed by atoms with Gasteiger partial charge < -0.3 is 10.0 Å². The molecule has 0 aliphatic carbocycles. The zero-order chi connectivity index (χ0) is 22.9. The van der Waals surface area contributed by atoms with Crippen molar-refractivity contribution < 1.29 is 32.3 Å². The van der Waals surface area contributed by atoms with E-state index in [0.29, 0.717) is 18.4 Å². The van der Waals surface area contributed by atoms with E-state index in [9.17, 15) is 32.3 Å². The van der Waals surface area contributed by atoms with Crippen molar-refractivity contribution in [3.63, 3.8) is 0 Å². The lowest BCUT2D eigenvalue weighted by Gasteiger charge is -2.35. The average Bonchev–Trinajstić information content (AvgIpc) is 2.98. The smallest absolute Gasteiger partial charge is 0.436 e. The monoisotopic (exact) mass is 461 g/mol.